The molecule has 0 bridgehead atoms. The number of aliphatic hydroxyl groups excluding tert-OH is 1. The number of benzene rings is 1. The number of nitrogens with one attached hydrogen (secondary N) is 1. The van der Waals surface area contributed by atoms with Gasteiger partial charge in [-0.3, -0.25) is 0 Å². The van der Waals surface area contributed by atoms with Gasteiger partial charge in [-0.05, 0) is 38.1 Å². The molecule has 0 aromatic heterocycles. The Hall–Kier alpha value is -1.31. The average molecular weight is 285 g/mol. The van der Waals surface area contributed by atoms with Gasteiger partial charge in [-0.25, -0.2) is 13.1 Å². The molecule has 1 saturated heterocycles. The highest BCUT2D eigenvalue weighted by molar-refractivity contribution is 7.89. The molecule has 0 aliphatic carbocycles. The Balaban J connectivity index is 2.25. The summed E-state index contributed by atoms with van der Waals surface area (Å²) in [7, 11) is -2.10. The van der Waals surface area contributed by atoms with E-state index in [-0.39, 0.29) is 11.0 Å². The molecule has 0 atom stereocenters. The summed E-state index contributed by atoms with van der Waals surface area (Å²) < 4.78 is 25.6. The van der Waals surface area contributed by atoms with Crippen molar-refractivity contribution in [2.75, 3.05) is 30.8 Å². The molecular formula is C12H19N3O3S. The van der Waals surface area contributed by atoms with Crippen molar-refractivity contribution in [1.82, 2.24) is 4.72 Å². The lowest BCUT2D eigenvalue weighted by atomic mass is 10.1. The fourth-order valence-corrected chi connectivity index (χ4v) is 2.98. The van der Waals surface area contributed by atoms with Crippen molar-refractivity contribution in [3.8, 4) is 0 Å². The van der Waals surface area contributed by atoms with Gasteiger partial charge in [0.05, 0.1) is 22.4 Å². The number of piperidine rings is 1. The number of hydrogen-bond donors (Lipinski definition) is 3. The highest BCUT2D eigenvalue weighted by Gasteiger charge is 2.20. The molecule has 19 heavy (non-hydrogen) atoms. The van der Waals surface area contributed by atoms with Gasteiger partial charge < -0.3 is 15.7 Å². The maximum Gasteiger partial charge on any atom is 0.240 e. The fourth-order valence-electron chi connectivity index (χ4n) is 2.21. The highest BCUT2D eigenvalue weighted by atomic mass is 32.2. The Morgan fingerprint density at radius 2 is 2.00 bits per heavy atom. The number of rotatable bonds is 3. The van der Waals surface area contributed by atoms with Crippen LogP contribution in [0.15, 0.2) is 23.1 Å². The van der Waals surface area contributed by atoms with E-state index < -0.39 is 10.0 Å². The molecule has 2 rings (SSSR count). The van der Waals surface area contributed by atoms with Crippen LogP contribution in [0.4, 0.5) is 11.4 Å². The van der Waals surface area contributed by atoms with Crippen LogP contribution in [-0.4, -0.2) is 39.8 Å². The Kier molecular flexibility index (Phi) is 3.98. The molecule has 1 aliphatic heterocycles. The fraction of sp³-hybridized carbons (Fsp3) is 0.500. The minimum atomic E-state index is -3.47. The largest absolute Gasteiger partial charge is 0.397 e. The van der Waals surface area contributed by atoms with Crippen LogP contribution in [-0.2, 0) is 10.0 Å². The van der Waals surface area contributed by atoms with Crippen LogP contribution >= 0.6 is 0 Å². The normalized spacial score (nSPS) is 17.7. The van der Waals surface area contributed by atoms with E-state index in [9.17, 15) is 13.5 Å². The smallest absolute Gasteiger partial charge is 0.240 e. The summed E-state index contributed by atoms with van der Waals surface area (Å²) in [5, 5.41) is 9.48. The van der Waals surface area contributed by atoms with E-state index >= 15 is 0 Å². The van der Waals surface area contributed by atoms with Crippen molar-refractivity contribution in [2.45, 2.75) is 23.8 Å². The van der Waals surface area contributed by atoms with Crippen molar-refractivity contribution in [3.05, 3.63) is 18.2 Å². The van der Waals surface area contributed by atoms with Crippen LogP contribution in [0.1, 0.15) is 12.8 Å². The zero-order valence-electron chi connectivity index (χ0n) is 10.8. The van der Waals surface area contributed by atoms with Gasteiger partial charge in [0.1, 0.15) is 0 Å². The first kappa shape index (κ1) is 14.1. The first-order chi connectivity index (χ1) is 8.94. The van der Waals surface area contributed by atoms with E-state index in [2.05, 4.69) is 9.62 Å². The van der Waals surface area contributed by atoms with Gasteiger partial charge in [-0.2, -0.15) is 0 Å². The van der Waals surface area contributed by atoms with Crippen LogP contribution in [0.2, 0.25) is 0 Å². The molecule has 0 unspecified atom stereocenters. The maximum absolute atomic E-state index is 11.7. The van der Waals surface area contributed by atoms with E-state index in [1.165, 1.54) is 13.1 Å². The van der Waals surface area contributed by atoms with Gasteiger partial charge in [-0.15, -0.1) is 0 Å². The lowest BCUT2D eigenvalue weighted by Crippen LogP contribution is -2.36. The zero-order valence-corrected chi connectivity index (χ0v) is 11.7. The van der Waals surface area contributed by atoms with E-state index in [1.807, 2.05) is 0 Å². The van der Waals surface area contributed by atoms with Gasteiger partial charge >= 0.3 is 0 Å². The van der Waals surface area contributed by atoms with Gasteiger partial charge in [-0.1, -0.05) is 0 Å². The summed E-state index contributed by atoms with van der Waals surface area (Å²) in [6.45, 7) is 1.45. The Labute approximate surface area is 113 Å². The second-order valence-corrected chi connectivity index (χ2v) is 6.53. The predicted molar refractivity (Wildman–Crippen MR) is 74.6 cm³/mol. The summed E-state index contributed by atoms with van der Waals surface area (Å²) in [5.74, 6) is 0. The van der Waals surface area contributed by atoms with E-state index in [4.69, 9.17) is 5.73 Å². The summed E-state index contributed by atoms with van der Waals surface area (Å²) in [6.07, 6.45) is 1.16. The number of anilines is 2. The van der Waals surface area contributed by atoms with Crippen LogP contribution in [0.25, 0.3) is 0 Å². The third kappa shape index (κ3) is 2.99. The third-order valence-corrected chi connectivity index (χ3v) is 4.80. The minimum absolute atomic E-state index is 0.160. The molecule has 7 heteroatoms. The average Bonchev–Trinajstić information content (AvgIpc) is 2.40. The molecule has 1 fully saturated rings. The third-order valence-electron chi connectivity index (χ3n) is 3.38. The van der Waals surface area contributed by atoms with E-state index in [0.717, 1.165) is 18.8 Å². The monoisotopic (exact) mass is 285 g/mol. The number of sulfonamides is 1. The molecule has 0 spiro atoms. The zero-order chi connectivity index (χ0) is 14.0. The predicted octanol–water partition coefficient (Wildman–Crippen LogP) is 0.138. The van der Waals surface area contributed by atoms with Gasteiger partial charge in [0.25, 0.3) is 0 Å². The molecule has 4 N–H and O–H groups in total. The lowest BCUT2D eigenvalue weighted by molar-refractivity contribution is 0.145. The van der Waals surface area contributed by atoms with Crippen LogP contribution in [0, 0.1) is 0 Å². The molecule has 1 heterocycles. The molecule has 106 valence electrons. The number of nitrogens with two attached hydrogens (primary N) is 1. The van der Waals surface area contributed by atoms with Crippen LogP contribution in [0.3, 0.4) is 0 Å². The van der Waals surface area contributed by atoms with Crippen LogP contribution in [0.5, 0.6) is 0 Å². The standard InChI is InChI=1S/C12H19N3O3S/c1-14-19(17,18)10-2-3-12(11(13)8-10)15-6-4-9(16)5-7-15/h2-3,8-9,14,16H,4-7,13H2,1H3. The van der Waals surface area contributed by atoms with Gasteiger partial charge in [0.2, 0.25) is 10.0 Å². The molecule has 6 nitrogen and oxygen atoms in total. The summed E-state index contributed by atoms with van der Waals surface area (Å²) >= 11 is 0. The number of hydrogen-bond acceptors (Lipinski definition) is 5. The summed E-state index contributed by atoms with van der Waals surface area (Å²) in [4.78, 5) is 2.23. The van der Waals surface area contributed by atoms with Crippen molar-refractivity contribution in [2.24, 2.45) is 0 Å². The van der Waals surface area contributed by atoms with Crippen molar-refractivity contribution in [1.29, 1.82) is 0 Å². The number of nitrogens with zero attached hydrogens (tertiary/aromatic N) is 1. The topological polar surface area (TPSA) is 95.7 Å². The maximum atomic E-state index is 11.7. The molecule has 1 aliphatic rings. The summed E-state index contributed by atoms with van der Waals surface area (Å²) in [5.41, 5.74) is 7.20. The Bertz CT molecular complexity index is 551. The van der Waals surface area contributed by atoms with E-state index in [1.54, 1.807) is 12.1 Å². The molecule has 0 radical (unpaired) electrons. The van der Waals surface area contributed by atoms with E-state index in [0.29, 0.717) is 18.5 Å². The van der Waals surface area contributed by atoms with Crippen LogP contribution < -0.4 is 15.4 Å². The van der Waals surface area contributed by atoms with Crippen molar-refractivity contribution >= 4 is 21.4 Å². The van der Waals surface area contributed by atoms with Gasteiger partial charge in [0, 0.05) is 13.1 Å². The number of aliphatic hydroxyl groups is 1. The quantitative estimate of drug-likeness (QED) is 0.687. The Morgan fingerprint density at radius 1 is 1.37 bits per heavy atom. The summed E-state index contributed by atoms with van der Waals surface area (Å²) in [6, 6.07) is 4.73. The molecule has 1 aromatic rings. The first-order valence-corrected chi connectivity index (χ1v) is 7.68. The van der Waals surface area contributed by atoms with Crippen molar-refractivity contribution < 1.29 is 13.5 Å². The second kappa shape index (κ2) is 5.36. The number of nitrogen functional groups attached to an aromatic ring is 1. The lowest BCUT2D eigenvalue weighted by Gasteiger charge is -2.32. The second-order valence-electron chi connectivity index (χ2n) is 4.65. The molecule has 1 aromatic carbocycles. The Morgan fingerprint density at radius 3 is 2.53 bits per heavy atom. The highest BCUT2D eigenvalue weighted by Crippen LogP contribution is 2.28. The minimum Gasteiger partial charge on any atom is -0.397 e. The molecule has 0 amide bonds. The SMILES string of the molecule is CNS(=O)(=O)c1ccc(N2CCC(O)CC2)c(N)c1. The van der Waals surface area contributed by atoms with Crippen molar-refractivity contribution in [3.63, 3.8) is 0 Å². The molecular weight excluding hydrogens is 266 g/mol. The molecule has 0 saturated carbocycles. The van der Waals surface area contributed by atoms with Gasteiger partial charge in [0.15, 0.2) is 0 Å². The first-order valence-electron chi connectivity index (χ1n) is 6.20.